The molecule has 0 aliphatic carbocycles. The van der Waals surface area contributed by atoms with Gasteiger partial charge in [0.1, 0.15) is 11.4 Å². The number of H-pyrrole nitrogens is 1. The van der Waals surface area contributed by atoms with Crippen LogP contribution in [0.1, 0.15) is 33.2 Å². The number of amides is 1. The molecule has 3 aromatic carbocycles. The van der Waals surface area contributed by atoms with Crippen molar-refractivity contribution in [3.63, 3.8) is 0 Å². The summed E-state index contributed by atoms with van der Waals surface area (Å²) >= 11 is 0. The van der Waals surface area contributed by atoms with Crippen LogP contribution >= 0.6 is 0 Å². The Morgan fingerprint density at radius 3 is 2.53 bits per heavy atom. The quantitative estimate of drug-likeness (QED) is 0.320. The summed E-state index contributed by atoms with van der Waals surface area (Å²) in [6, 6.07) is 23.3. The van der Waals surface area contributed by atoms with Crippen LogP contribution in [-0.4, -0.2) is 39.6 Å². The topological polar surface area (TPSA) is 101 Å². The number of nitro benzene ring substituents is 1. The fraction of sp³-hybridized carbons (Fsp3) is 0.154. The summed E-state index contributed by atoms with van der Waals surface area (Å²) in [4.78, 5) is 26.3. The first-order valence-electron chi connectivity index (χ1n) is 10.9. The normalized spacial score (nSPS) is 14.8. The molecule has 1 N–H and O–H groups in total. The van der Waals surface area contributed by atoms with Gasteiger partial charge in [-0.2, -0.15) is 5.10 Å². The Hall–Kier alpha value is -4.46. The van der Waals surface area contributed by atoms with Crippen molar-refractivity contribution in [1.82, 2.24) is 15.1 Å². The van der Waals surface area contributed by atoms with E-state index in [0.717, 1.165) is 16.7 Å². The van der Waals surface area contributed by atoms with Gasteiger partial charge < -0.3 is 9.64 Å². The van der Waals surface area contributed by atoms with Gasteiger partial charge >= 0.3 is 0 Å². The highest BCUT2D eigenvalue weighted by molar-refractivity contribution is 6.00. The highest BCUT2D eigenvalue weighted by Crippen LogP contribution is 2.43. The zero-order chi connectivity index (χ0) is 23.7. The Balaban J connectivity index is 1.59. The van der Waals surface area contributed by atoms with Gasteiger partial charge in [0.25, 0.3) is 11.6 Å². The predicted octanol–water partition coefficient (Wildman–Crippen LogP) is 4.78. The number of carbonyl (C=O) groups excluding carboxylic acids is 1. The molecule has 8 nitrogen and oxygen atoms in total. The Labute approximate surface area is 196 Å². The number of non-ortho nitro benzene ring substituents is 1. The molecule has 1 aliphatic rings. The van der Waals surface area contributed by atoms with Gasteiger partial charge in [0.2, 0.25) is 0 Å². The maximum atomic E-state index is 13.5. The molecule has 0 saturated heterocycles. The Morgan fingerprint density at radius 2 is 1.82 bits per heavy atom. The maximum Gasteiger partial charge on any atom is 0.273 e. The number of nitrogens with one attached hydrogen (secondary N) is 1. The molecule has 1 aliphatic heterocycles. The molecule has 4 aromatic rings. The fourth-order valence-electron chi connectivity index (χ4n) is 4.45. The number of ether oxygens (including phenoxy) is 1. The van der Waals surface area contributed by atoms with Gasteiger partial charge in [0, 0.05) is 29.8 Å². The first-order valence-corrected chi connectivity index (χ1v) is 10.9. The molecule has 8 heteroatoms. The van der Waals surface area contributed by atoms with E-state index in [0.29, 0.717) is 35.7 Å². The molecular weight excluding hydrogens is 432 g/mol. The largest absolute Gasteiger partial charge is 0.497 e. The van der Waals surface area contributed by atoms with Crippen LogP contribution in [-0.2, 0) is 6.42 Å². The number of hydrogen-bond acceptors (Lipinski definition) is 5. The van der Waals surface area contributed by atoms with Gasteiger partial charge in [0.05, 0.1) is 23.8 Å². The molecule has 0 spiro atoms. The van der Waals surface area contributed by atoms with E-state index in [9.17, 15) is 14.9 Å². The molecule has 0 bridgehead atoms. The van der Waals surface area contributed by atoms with Gasteiger partial charge in [-0.05, 0) is 41.8 Å². The average molecular weight is 454 g/mol. The molecule has 170 valence electrons. The summed E-state index contributed by atoms with van der Waals surface area (Å²) in [7, 11) is 1.60. The van der Waals surface area contributed by atoms with Gasteiger partial charge in [0.15, 0.2) is 0 Å². The van der Waals surface area contributed by atoms with E-state index < -0.39 is 11.0 Å². The second-order valence-electron chi connectivity index (χ2n) is 8.08. The number of aromatic amines is 1. The molecule has 1 atom stereocenters. The van der Waals surface area contributed by atoms with E-state index >= 15 is 0 Å². The lowest BCUT2D eigenvalue weighted by molar-refractivity contribution is -0.384. The Morgan fingerprint density at radius 1 is 1.06 bits per heavy atom. The Kier molecular flexibility index (Phi) is 5.55. The second kappa shape index (κ2) is 8.82. The van der Waals surface area contributed by atoms with E-state index in [4.69, 9.17) is 4.74 Å². The van der Waals surface area contributed by atoms with Crippen molar-refractivity contribution in [2.75, 3.05) is 13.7 Å². The van der Waals surface area contributed by atoms with Gasteiger partial charge in [-0.1, -0.05) is 42.5 Å². The molecule has 1 aromatic heterocycles. The minimum atomic E-state index is -0.498. The molecule has 34 heavy (non-hydrogen) atoms. The summed E-state index contributed by atoms with van der Waals surface area (Å²) in [5.41, 5.74) is 4.37. The summed E-state index contributed by atoms with van der Waals surface area (Å²) in [5, 5.41) is 18.8. The van der Waals surface area contributed by atoms with Crippen LogP contribution in [0.4, 0.5) is 5.69 Å². The molecule has 1 unspecified atom stereocenters. The predicted molar refractivity (Wildman–Crippen MR) is 127 cm³/mol. The van der Waals surface area contributed by atoms with Crippen molar-refractivity contribution in [2.24, 2.45) is 0 Å². The van der Waals surface area contributed by atoms with E-state index in [1.807, 2.05) is 60.7 Å². The smallest absolute Gasteiger partial charge is 0.273 e. The molecule has 1 amide bonds. The number of benzene rings is 3. The number of fused-ring (bicyclic) bond motifs is 1. The van der Waals surface area contributed by atoms with E-state index in [1.54, 1.807) is 18.1 Å². The van der Waals surface area contributed by atoms with Crippen LogP contribution in [0.3, 0.4) is 0 Å². The second-order valence-corrected chi connectivity index (χ2v) is 8.08. The first kappa shape index (κ1) is 21.4. The lowest BCUT2D eigenvalue weighted by atomic mass is 9.95. The van der Waals surface area contributed by atoms with Crippen molar-refractivity contribution in [3.05, 3.63) is 111 Å². The summed E-state index contributed by atoms with van der Waals surface area (Å²) in [6.07, 6.45) is 0.660. The highest BCUT2D eigenvalue weighted by atomic mass is 16.6. The van der Waals surface area contributed by atoms with E-state index in [2.05, 4.69) is 10.2 Å². The van der Waals surface area contributed by atoms with Gasteiger partial charge in [-0.3, -0.25) is 20.0 Å². The molecule has 0 saturated carbocycles. The van der Waals surface area contributed by atoms with Crippen molar-refractivity contribution in [2.45, 2.75) is 12.5 Å². The van der Waals surface area contributed by atoms with Crippen LogP contribution < -0.4 is 4.74 Å². The van der Waals surface area contributed by atoms with Crippen LogP contribution in [0.15, 0.2) is 78.9 Å². The minimum Gasteiger partial charge on any atom is -0.497 e. The van der Waals surface area contributed by atoms with Crippen molar-refractivity contribution >= 4 is 11.6 Å². The zero-order valence-electron chi connectivity index (χ0n) is 18.5. The standard InChI is InChI=1S/C26H22N4O4/c1-34-21-12-10-18(11-13-21)23-22-24(28-27-23)26(31)29(15-14-17-6-3-2-4-7-17)25(22)19-8-5-9-20(16-19)30(32)33/h2-13,16,25H,14-15H2,1H3,(H,27,28). The summed E-state index contributed by atoms with van der Waals surface area (Å²) in [6.45, 7) is 0.459. The molecule has 5 rings (SSSR count). The van der Waals surface area contributed by atoms with Crippen LogP contribution in [0.2, 0.25) is 0 Å². The SMILES string of the molecule is COc1ccc(-c2n[nH]c3c2C(c2cccc([N+](=O)[O-])c2)N(CCc2ccccc2)C3=O)cc1. The number of nitro groups is 1. The van der Waals surface area contributed by atoms with E-state index in [1.165, 1.54) is 12.1 Å². The summed E-state index contributed by atoms with van der Waals surface area (Å²) in [5.74, 6) is 0.543. The highest BCUT2D eigenvalue weighted by Gasteiger charge is 2.42. The summed E-state index contributed by atoms with van der Waals surface area (Å²) < 4.78 is 5.26. The van der Waals surface area contributed by atoms with Crippen molar-refractivity contribution in [3.8, 4) is 17.0 Å². The van der Waals surface area contributed by atoms with Crippen LogP contribution in [0.5, 0.6) is 5.75 Å². The first-order chi connectivity index (χ1) is 16.6. The Bertz CT molecular complexity index is 1350. The molecule has 0 fully saturated rings. The van der Waals surface area contributed by atoms with Crippen molar-refractivity contribution < 1.29 is 14.5 Å². The lowest BCUT2D eigenvalue weighted by Crippen LogP contribution is -2.31. The van der Waals surface area contributed by atoms with Crippen molar-refractivity contribution in [1.29, 1.82) is 0 Å². The van der Waals surface area contributed by atoms with E-state index in [-0.39, 0.29) is 11.6 Å². The molecule has 2 heterocycles. The number of aromatic nitrogens is 2. The third-order valence-electron chi connectivity index (χ3n) is 6.11. The lowest BCUT2D eigenvalue weighted by Gasteiger charge is -2.26. The molecule has 0 radical (unpaired) electrons. The number of hydrogen-bond donors (Lipinski definition) is 1. The van der Waals surface area contributed by atoms with Gasteiger partial charge in [-0.15, -0.1) is 0 Å². The minimum absolute atomic E-state index is 0.0177. The number of carbonyl (C=O) groups is 1. The van der Waals surface area contributed by atoms with Gasteiger partial charge in [-0.25, -0.2) is 0 Å². The number of nitrogens with zero attached hydrogens (tertiary/aromatic N) is 3. The maximum absolute atomic E-state index is 13.5. The number of methoxy groups -OCH3 is 1. The van der Waals surface area contributed by atoms with Crippen LogP contribution in [0, 0.1) is 10.1 Å². The average Bonchev–Trinajstić information content (AvgIpc) is 3.42. The number of rotatable bonds is 7. The fourth-order valence-corrected chi connectivity index (χ4v) is 4.45. The monoisotopic (exact) mass is 454 g/mol. The zero-order valence-corrected chi connectivity index (χ0v) is 18.5. The van der Waals surface area contributed by atoms with Crippen LogP contribution in [0.25, 0.3) is 11.3 Å². The third-order valence-corrected chi connectivity index (χ3v) is 6.11. The third kappa shape index (κ3) is 3.79. The molecular formula is C26H22N4O4.